The molecule has 3 rings (SSSR count). The lowest BCUT2D eigenvalue weighted by Gasteiger charge is -2.33. The first-order valence-electron chi connectivity index (χ1n) is 9.08. The minimum atomic E-state index is 1.15. The van der Waals surface area contributed by atoms with E-state index in [0.717, 1.165) is 6.54 Å². The Morgan fingerprint density at radius 3 is 2.48 bits per heavy atom. The lowest BCUT2D eigenvalue weighted by molar-refractivity contribution is 0.163. The van der Waals surface area contributed by atoms with Crippen molar-refractivity contribution in [1.82, 2.24) is 9.80 Å². The average Bonchev–Trinajstić information content (AvgIpc) is 2.59. The SMILES string of the molecule is CC.Cc1cccc(C2=CCCC(CN3CCN(C)CC3)=C2)c1. The Morgan fingerprint density at radius 1 is 1.04 bits per heavy atom. The number of nitrogens with zero attached hydrogens (tertiary/aromatic N) is 2. The highest BCUT2D eigenvalue weighted by Gasteiger charge is 2.16. The molecule has 0 saturated carbocycles. The van der Waals surface area contributed by atoms with Gasteiger partial charge in [0.25, 0.3) is 0 Å². The molecule has 1 fully saturated rings. The molecule has 0 bridgehead atoms. The molecular formula is C21H32N2. The van der Waals surface area contributed by atoms with Gasteiger partial charge in [-0.05, 0) is 37.9 Å². The fourth-order valence-corrected chi connectivity index (χ4v) is 3.21. The molecule has 2 nitrogen and oxygen atoms in total. The van der Waals surface area contributed by atoms with Crippen molar-refractivity contribution in [3.05, 3.63) is 53.1 Å². The fraction of sp³-hybridized carbons (Fsp3) is 0.524. The van der Waals surface area contributed by atoms with Crippen LogP contribution in [0, 0.1) is 6.92 Å². The number of aryl methyl sites for hydroxylation is 1. The van der Waals surface area contributed by atoms with E-state index in [1.807, 2.05) is 13.8 Å². The Labute approximate surface area is 142 Å². The minimum Gasteiger partial charge on any atom is -0.304 e. The molecule has 1 aliphatic carbocycles. The van der Waals surface area contributed by atoms with Crippen molar-refractivity contribution in [2.24, 2.45) is 0 Å². The number of hydrogen-bond donors (Lipinski definition) is 0. The van der Waals surface area contributed by atoms with Crippen molar-refractivity contribution in [3.8, 4) is 0 Å². The second kappa shape index (κ2) is 9.05. The molecule has 1 heterocycles. The molecule has 1 aliphatic heterocycles. The number of piperazine rings is 1. The van der Waals surface area contributed by atoms with Crippen LogP contribution < -0.4 is 0 Å². The van der Waals surface area contributed by atoms with E-state index in [0.29, 0.717) is 0 Å². The summed E-state index contributed by atoms with van der Waals surface area (Å²) in [6.45, 7) is 12.1. The zero-order valence-electron chi connectivity index (χ0n) is 15.3. The van der Waals surface area contributed by atoms with Crippen LogP contribution in [-0.4, -0.2) is 49.6 Å². The van der Waals surface area contributed by atoms with Crippen LogP contribution in [0.15, 0.2) is 42.0 Å². The van der Waals surface area contributed by atoms with E-state index in [4.69, 9.17) is 0 Å². The third kappa shape index (κ3) is 5.33. The Morgan fingerprint density at radius 2 is 1.78 bits per heavy atom. The highest BCUT2D eigenvalue weighted by Crippen LogP contribution is 2.26. The highest BCUT2D eigenvalue weighted by atomic mass is 15.2. The summed E-state index contributed by atoms with van der Waals surface area (Å²) in [5.74, 6) is 0. The van der Waals surface area contributed by atoms with Gasteiger partial charge in [0.05, 0.1) is 0 Å². The standard InChI is InChI=1S/C19H26N2.C2H6/c1-16-5-3-7-18(13-16)19-8-4-6-17(14-19)15-21-11-9-20(2)10-12-21;1-2/h3,5,7-8,13-14H,4,6,9-12,15H2,1-2H3;1-2H3. The van der Waals surface area contributed by atoms with Crippen LogP contribution >= 0.6 is 0 Å². The third-order valence-electron chi connectivity index (χ3n) is 4.56. The van der Waals surface area contributed by atoms with Crippen molar-refractivity contribution in [2.75, 3.05) is 39.8 Å². The predicted molar refractivity (Wildman–Crippen MR) is 102 cm³/mol. The molecule has 1 aromatic carbocycles. The maximum Gasteiger partial charge on any atom is 0.0197 e. The summed E-state index contributed by atoms with van der Waals surface area (Å²) in [5.41, 5.74) is 5.71. The molecular weight excluding hydrogens is 280 g/mol. The summed E-state index contributed by atoms with van der Waals surface area (Å²) in [4.78, 5) is 5.02. The van der Waals surface area contributed by atoms with E-state index in [1.54, 1.807) is 5.57 Å². The summed E-state index contributed by atoms with van der Waals surface area (Å²) in [6.07, 6.45) is 7.23. The van der Waals surface area contributed by atoms with Crippen LogP contribution in [0.4, 0.5) is 0 Å². The smallest absolute Gasteiger partial charge is 0.0197 e. The van der Waals surface area contributed by atoms with Gasteiger partial charge in [-0.3, -0.25) is 4.90 Å². The second-order valence-electron chi connectivity index (χ2n) is 6.45. The Kier molecular flexibility index (Phi) is 7.07. The molecule has 0 radical (unpaired) electrons. The van der Waals surface area contributed by atoms with E-state index in [9.17, 15) is 0 Å². The number of allylic oxidation sites excluding steroid dienone is 3. The summed E-state index contributed by atoms with van der Waals surface area (Å²) >= 11 is 0. The van der Waals surface area contributed by atoms with Gasteiger partial charge in [0.15, 0.2) is 0 Å². The van der Waals surface area contributed by atoms with Gasteiger partial charge in [0, 0.05) is 32.7 Å². The molecule has 1 saturated heterocycles. The van der Waals surface area contributed by atoms with Crippen molar-refractivity contribution in [2.45, 2.75) is 33.6 Å². The molecule has 126 valence electrons. The van der Waals surface area contributed by atoms with Crippen molar-refractivity contribution in [1.29, 1.82) is 0 Å². The van der Waals surface area contributed by atoms with Gasteiger partial charge in [-0.25, -0.2) is 0 Å². The molecule has 0 unspecified atom stereocenters. The summed E-state index contributed by atoms with van der Waals surface area (Å²) in [6, 6.07) is 8.85. The topological polar surface area (TPSA) is 6.48 Å². The molecule has 0 N–H and O–H groups in total. The van der Waals surface area contributed by atoms with Crippen LogP contribution in [0.5, 0.6) is 0 Å². The van der Waals surface area contributed by atoms with E-state index in [2.05, 4.69) is 60.2 Å². The van der Waals surface area contributed by atoms with Crippen LogP contribution in [0.2, 0.25) is 0 Å². The molecule has 2 heteroatoms. The molecule has 0 spiro atoms. The zero-order chi connectivity index (χ0) is 16.7. The van der Waals surface area contributed by atoms with E-state index in [1.165, 1.54) is 55.7 Å². The monoisotopic (exact) mass is 312 g/mol. The highest BCUT2D eigenvalue weighted by molar-refractivity contribution is 5.76. The van der Waals surface area contributed by atoms with E-state index in [-0.39, 0.29) is 0 Å². The Balaban J connectivity index is 0.000000924. The fourth-order valence-electron chi connectivity index (χ4n) is 3.21. The molecule has 0 aromatic heterocycles. The Bertz CT molecular complexity index is 549. The lowest BCUT2D eigenvalue weighted by atomic mass is 9.93. The summed E-state index contributed by atoms with van der Waals surface area (Å²) in [5, 5.41) is 0. The maximum atomic E-state index is 2.60. The third-order valence-corrected chi connectivity index (χ3v) is 4.56. The van der Waals surface area contributed by atoms with Crippen LogP contribution in [0.3, 0.4) is 0 Å². The number of benzene rings is 1. The first kappa shape index (κ1) is 18.0. The van der Waals surface area contributed by atoms with Gasteiger partial charge >= 0.3 is 0 Å². The van der Waals surface area contributed by atoms with Gasteiger partial charge in [0.2, 0.25) is 0 Å². The van der Waals surface area contributed by atoms with Gasteiger partial charge in [-0.2, -0.15) is 0 Å². The molecule has 0 amide bonds. The molecule has 23 heavy (non-hydrogen) atoms. The maximum absolute atomic E-state index is 2.60. The zero-order valence-corrected chi connectivity index (χ0v) is 15.3. The number of likely N-dealkylation sites (N-methyl/N-ethyl adjacent to an activating group) is 1. The largest absolute Gasteiger partial charge is 0.304 e. The molecule has 1 aromatic rings. The van der Waals surface area contributed by atoms with Crippen molar-refractivity contribution < 1.29 is 0 Å². The lowest BCUT2D eigenvalue weighted by Crippen LogP contribution is -2.45. The predicted octanol–water partition coefficient (Wildman–Crippen LogP) is 4.37. The first-order valence-corrected chi connectivity index (χ1v) is 9.08. The molecule has 2 aliphatic rings. The van der Waals surface area contributed by atoms with Crippen LogP contribution in [0.25, 0.3) is 5.57 Å². The quantitative estimate of drug-likeness (QED) is 0.817. The van der Waals surface area contributed by atoms with E-state index >= 15 is 0 Å². The van der Waals surface area contributed by atoms with Gasteiger partial charge in [-0.15, -0.1) is 0 Å². The number of rotatable bonds is 3. The van der Waals surface area contributed by atoms with Gasteiger partial charge < -0.3 is 4.90 Å². The Hall–Kier alpha value is -1.38. The summed E-state index contributed by atoms with van der Waals surface area (Å²) in [7, 11) is 2.22. The summed E-state index contributed by atoms with van der Waals surface area (Å²) < 4.78 is 0. The minimum absolute atomic E-state index is 1.15. The van der Waals surface area contributed by atoms with Crippen molar-refractivity contribution in [3.63, 3.8) is 0 Å². The van der Waals surface area contributed by atoms with E-state index < -0.39 is 0 Å². The van der Waals surface area contributed by atoms with Crippen molar-refractivity contribution >= 4 is 5.57 Å². The van der Waals surface area contributed by atoms with Crippen LogP contribution in [0.1, 0.15) is 37.8 Å². The normalized spacial score (nSPS) is 19.5. The van der Waals surface area contributed by atoms with Crippen LogP contribution in [-0.2, 0) is 0 Å². The van der Waals surface area contributed by atoms with Gasteiger partial charge in [-0.1, -0.05) is 61.4 Å². The first-order chi connectivity index (χ1) is 11.2. The second-order valence-corrected chi connectivity index (χ2v) is 6.45. The number of hydrogen-bond acceptors (Lipinski definition) is 2. The van der Waals surface area contributed by atoms with Gasteiger partial charge in [0.1, 0.15) is 0 Å². The average molecular weight is 313 g/mol. The molecule has 0 atom stereocenters.